The highest BCUT2D eigenvalue weighted by Gasteiger charge is 2.28. The summed E-state index contributed by atoms with van der Waals surface area (Å²) >= 11 is 6.04. The van der Waals surface area contributed by atoms with Gasteiger partial charge in [-0.25, -0.2) is 18.1 Å². The van der Waals surface area contributed by atoms with Crippen LogP contribution in [-0.2, 0) is 10.0 Å². The van der Waals surface area contributed by atoms with Crippen molar-refractivity contribution in [1.29, 1.82) is 0 Å². The summed E-state index contributed by atoms with van der Waals surface area (Å²) in [5, 5.41) is 0.0382. The van der Waals surface area contributed by atoms with Gasteiger partial charge in [0.25, 0.3) is 10.0 Å². The second-order valence-electron chi connectivity index (χ2n) is 5.71. The molecule has 114 valence electrons. The summed E-state index contributed by atoms with van der Waals surface area (Å²) in [6.45, 7) is 2.20. The third-order valence-electron chi connectivity index (χ3n) is 4.04. The minimum atomic E-state index is -3.67. The molecule has 0 atom stereocenters. The molecule has 0 aromatic carbocycles. The lowest BCUT2D eigenvalue weighted by molar-refractivity contribution is 0.332. The number of fused-ring (bicyclic) bond motifs is 1. The van der Waals surface area contributed by atoms with Crippen molar-refractivity contribution in [1.82, 2.24) is 14.1 Å². The largest absolute Gasteiger partial charge is 0.288 e. The van der Waals surface area contributed by atoms with Gasteiger partial charge < -0.3 is 0 Å². The van der Waals surface area contributed by atoms with Crippen LogP contribution in [0, 0.1) is 5.92 Å². The van der Waals surface area contributed by atoms with E-state index in [0.717, 1.165) is 25.7 Å². The Labute approximate surface area is 129 Å². The van der Waals surface area contributed by atoms with Gasteiger partial charge in [-0.2, -0.15) is 0 Å². The van der Waals surface area contributed by atoms with Gasteiger partial charge in [-0.1, -0.05) is 24.6 Å². The molecule has 3 rings (SSSR count). The van der Waals surface area contributed by atoms with Crippen LogP contribution in [0.5, 0.6) is 0 Å². The van der Waals surface area contributed by atoms with Crippen LogP contribution in [0.25, 0.3) is 5.65 Å². The number of nitrogens with zero attached hydrogens (tertiary/aromatic N) is 2. The normalized spacial score (nSPS) is 23.5. The molecule has 1 fully saturated rings. The maximum Gasteiger partial charge on any atom is 0.260 e. The van der Waals surface area contributed by atoms with Gasteiger partial charge in [0.1, 0.15) is 5.65 Å². The van der Waals surface area contributed by atoms with E-state index in [1.807, 2.05) is 0 Å². The molecule has 2 aromatic rings. The molecule has 2 aromatic heterocycles. The Morgan fingerprint density at radius 1 is 1.29 bits per heavy atom. The van der Waals surface area contributed by atoms with E-state index in [0.29, 0.717) is 11.6 Å². The predicted molar refractivity (Wildman–Crippen MR) is 81.9 cm³/mol. The van der Waals surface area contributed by atoms with Gasteiger partial charge in [-0.15, -0.1) is 0 Å². The molecule has 21 heavy (non-hydrogen) atoms. The summed E-state index contributed by atoms with van der Waals surface area (Å²) in [6, 6.07) is 5.27. The van der Waals surface area contributed by atoms with Crippen molar-refractivity contribution in [3.63, 3.8) is 0 Å². The maximum absolute atomic E-state index is 12.6. The number of imidazole rings is 1. The minimum Gasteiger partial charge on any atom is -0.288 e. The molecule has 1 aliphatic rings. The van der Waals surface area contributed by atoms with E-state index in [2.05, 4.69) is 16.6 Å². The summed E-state index contributed by atoms with van der Waals surface area (Å²) in [7, 11) is -3.67. The second-order valence-corrected chi connectivity index (χ2v) is 7.70. The van der Waals surface area contributed by atoms with Crippen molar-refractivity contribution in [3.8, 4) is 0 Å². The van der Waals surface area contributed by atoms with Crippen molar-refractivity contribution in [2.75, 3.05) is 0 Å². The van der Waals surface area contributed by atoms with Crippen LogP contribution in [0.3, 0.4) is 0 Å². The van der Waals surface area contributed by atoms with Crippen LogP contribution in [0.2, 0.25) is 5.15 Å². The lowest BCUT2D eigenvalue weighted by Gasteiger charge is -2.26. The van der Waals surface area contributed by atoms with E-state index in [4.69, 9.17) is 11.6 Å². The summed E-state index contributed by atoms with van der Waals surface area (Å²) in [5.41, 5.74) is 0.528. The molecule has 0 saturated heterocycles. The molecule has 7 heteroatoms. The molecule has 0 unspecified atom stereocenters. The van der Waals surface area contributed by atoms with E-state index in [9.17, 15) is 8.42 Å². The summed E-state index contributed by atoms with van der Waals surface area (Å²) in [4.78, 5) is 4.09. The fourth-order valence-electron chi connectivity index (χ4n) is 2.84. The maximum atomic E-state index is 12.6. The number of hydrogen-bond donors (Lipinski definition) is 1. The third kappa shape index (κ3) is 2.93. The Morgan fingerprint density at radius 3 is 2.71 bits per heavy atom. The first-order chi connectivity index (χ1) is 9.97. The molecular weight excluding hydrogens is 310 g/mol. The monoisotopic (exact) mass is 327 g/mol. The van der Waals surface area contributed by atoms with Crippen molar-refractivity contribution in [2.24, 2.45) is 5.92 Å². The summed E-state index contributed by atoms with van der Waals surface area (Å²) in [5.74, 6) is 0.671. The lowest BCUT2D eigenvalue weighted by Crippen LogP contribution is -2.37. The van der Waals surface area contributed by atoms with Crippen LogP contribution < -0.4 is 4.72 Å². The third-order valence-corrected chi connectivity index (χ3v) is 5.96. The molecule has 0 bridgehead atoms. The van der Waals surface area contributed by atoms with Gasteiger partial charge in [0, 0.05) is 12.2 Å². The Balaban J connectivity index is 1.92. The zero-order chi connectivity index (χ0) is 15.0. The molecule has 0 amide bonds. The molecule has 0 radical (unpaired) electrons. The van der Waals surface area contributed by atoms with Crippen LogP contribution in [0.1, 0.15) is 32.6 Å². The van der Waals surface area contributed by atoms with E-state index in [-0.39, 0.29) is 16.2 Å². The number of sulfonamides is 1. The molecule has 5 nitrogen and oxygen atoms in total. The van der Waals surface area contributed by atoms with E-state index in [1.165, 1.54) is 4.40 Å². The number of rotatable bonds is 3. The SMILES string of the molecule is CC1CCC(NS(=O)(=O)c2c(Cl)nc3ccccn23)CC1. The molecule has 1 N–H and O–H groups in total. The zero-order valence-electron chi connectivity index (χ0n) is 11.8. The average molecular weight is 328 g/mol. The number of pyridine rings is 1. The average Bonchev–Trinajstić information content (AvgIpc) is 2.77. The van der Waals surface area contributed by atoms with Crippen LogP contribution in [0.4, 0.5) is 0 Å². The van der Waals surface area contributed by atoms with Crippen LogP contribution in [0.15, 0.2) is 29.4 Å². The van der Waals surface area contributed by atoms with Crippen LogP contribution >= 0.6 is 11.6 Å². The first-order valence-corrected chi connectivity index (χ1v) is 8.98. The van der Waals surface area contributed by atoms with Crippen molar-refractivity contribution in [2.45, 2.75) is 43.7 Å². The van der Waals surface area contributed by atoms with Crippen molar-refractivity contribution in [3.05, 3.63) is 29.5 Å². The predicted octanol–water partition coefficient (Wildman–Crippen LogP) is 2.84. The molecule has 0 spiro atoms. The Hall–Kier alpha value is -1.11. The van der Waals surface area contributed by atoms with Gasteiger partial charge in [0.05, 0.1) is 0 Å². The lowest BCUT2D eigenvalue weighted by atomic mass is 9.88. The molecular formula is C14H18ClN3O2S. The number of nitrogens with one attached hydrogen (secondary N) is 1. The van der Waals surface area contributed by atoms with Gasteiger partial charge in [-0.3, -0.25) is 4.40 Å². The zero-order valence-corrected chi connectivity index (χ0v) is 13.4. The molecule has 1 aliphatic carbocycles. The van der Waals surface area contributed by atoms with Crippen molar-refractivity contribution < 1.29 is 8.42 Å². The number of aromatic nitrogens is 2. The minimum absolute atomic E-state index is 0.0119. The second kappa shape index (κ2) is 5.59. The first-order valence-electron chi connectivity index (χ1n) is 7.12. The van der Waals surface area contributed by atoms with E-state index < -0.39 is 10.0 Å². The van der Waals surface area contributed by atoms with Gasteiger partial charge in [0.2, 0.25) is 0 Å². The van der Waals surface area contributed by atoms with Gasteiger partial charge in [-0.05, 0) is 43.7 Å². The number of halogens is 1. The van der Waals surface area contributed by atoms with E-state index >= 15 is 0 Å². The smallest absolute Gasteiger partial charge is 0.260 e. The van der Waals surface area contributed by atoms with Gasteiger partial charge in [0.15, 0.2) is 10.2 Å². The highest BCUT2D eigenvalue weighted by Crippen LogP contribution is 2.27. The quantitative estimate of drug-likeness (QED) is 0.942. The molecule has 2 heterocycles. The Kier molecular flexibility index (Phi) is 3.94. The Bertz CT molecular complexity index is 749. The van der Waals surface area contributed by atoms with Crippen LogP contribution in [-0.4, -0.2) is 23.8 Å². The fourth-order valence-corrected chi connectivity index (χ4v) is 4.79. The molecule has 1 saturated carbocycles. The van der Waals surface area contributed by atoms with E-state index in [1.54, 1.807) is 24.4 Å². The molecule has 0 aliphatic heterocycles. The first kappa shape index (κ1) is 14.8. The highest BCUT2D eigenvalue weighted by molar-refractivity contribution is 7.89. The highest BCUT2D eigenvalue weighted by atomic mass is 35.5. The van der Waals surface area contributed by atoms with Gasteiger partial charge >= 0.3 is 0 Å². The fraction of sp³-hybridized carbons (Fsp3) is 0.500. The van der Waals surface area contributed by atoms with Crippen molar-refractivity contribution >= 4 is 27.3 Å². The summed E-state index contributed by atoms with van der Waals surface area (Å²) in [6.07, 6.45) is 5.50. The topological polar surface area (TPSA) is 63.5 Å². The Morgan fingerprint density at radius 2 is 2.00 bits per heavy atom. The standard InChI is InChI=1S/C14H18ClN3O2S/c1-10-5-7-11(8-6-10)17-21(19,20)14-13(15)16-12-4-2-3-9-18(12)14/h2-4,9-11,17H,5-8H2,1H3. The number of hydrogen-bond acceptors (Lipinski definition) is 3. The summed E-state index contributed by atoms with van der Waals surface area (Å²) < 4.78 is 29.5.